The van der Waals surface area contributed by atoms with E-state index in [1.165, 1.54) is 6.33 Å². The van der Waals surface area contributed by atoms with E-state index >= 15 is 0 Å². The van der Waals surface area contributed by atoms with Crippen molar-refractivity contribution < 1.29 is 9.59 Å². The van der Waals surface area contributed by atoms with Gasteiger partial charge in [0.05, 0.1) is 6.54 Å². The van der Waals surface area contributed by atoms with Gasteiger partial charge in [-0.2, -0.15) is 5.10 Å². The zero-order chi connectivity index (χ0) is 14.7. The number of piperazine rings is 1. The molecule has 2 unspecified atom stereocenters. The standard InChI is InChI=1S/C13H21N5O2/c1-4-9-13(20)17(10(5-2)12(19)16-9)7-11-14-8-15-18(11)6-3/h8-10H,4-7H2,1-3H3,(H,16,19). The molecule has 1 saturated heterocycles. The van der Waals surface area contributed by atoms with Crippen LogP contribution in [0.3, 0.4) is 0 Å². The first-order valence-corrected chi connectivity index (χ1v) is 7.09. The maximum atomic E-state index is 12.5. The zero-order valence-corrected chi connectivity index (χ0v) is 12.2. The first-order chi connectivity index (χ1) is 9.62. The van der Waals surface area contributed by atoms with Gasteiger partial charge in [-0.05, 0) is 19.8 Å². The number of amides is 2. The summed E-state index contributed by atoms with van der Waals surface area (Å²) in [4.78, 5) is 30.4. The van der Waals surface area contributed by atoms with E-state index in [9.17, 15) is 9.59 Å². The Morgan fingerprint density at radius 3 is 2.60 bits per heavy atom. The lowest BCUT2D eigenvalue weighted by molar-refractivity contribution is -0.150. The van der Waals surface area contributed by atoms with E-state index in [1.54, 1.807) is 9.58 Å². The summed E-state index contributed by atoms with van der Waals surface area (Å²) < 4.78 is 1.74. The summed E-state index contributed by atoms with van der Waals surface area (Å²) in [5.41, 5.74) is 0. The van der Waals surface area contributed by atoms with Gasteiger partial charge in [-0.3, -0.25) is 9.59 Å². The van der Waals surface area contributed by atoms with Crippen LogP contribution in [0.25, 0.3) is 0 Å². The first-order valence-electron chi connectivity index (χ1n) is 7.09. The van der Waals surface area contributed by atoms with Gasteiger partial charge < -0.3 is 10.2 Å². The predicted molar refractivity (Wildman–Crippen MR) is 72.5 cm³/mol. The van der Waals surface area contributed by atoms with Gasteiger partial charge in [-0.25, -0.2) is 9.67 Å². The highest BCUT2D eigenvalue weighted by molar-refractivity contribution is 5.96. The van der Waals surface area contributed by atoms with Crippen LogP contribution in [-0.2, 0) is 22.7 Å². The lowest BCUT2D eigenvalue weighted by Crippen LogP contribution is -2.62. The fraction of sp³-hybridized carbons (Fsp3) is 0.692. The van der Waals surface area contributed by atoms with Crippen LogP contribution in [0.15, 0.2) is 6.33 Å². The Labute approximate surface area is 118 Å². The molecule has 2 rings (SSSR count). The molecule has 2 atom stereocenters. The van der Waals surface area contributed by atoms with Crippen molar-refractivity contribution in [3.8, 4) is 0 Å². The number of rotatable bonds is 5. The molecule has 7 nitrogen and oxygen atoms in total. The van der Waals surface area contributed by atoms with E-state index in [2.05, 4.69) is 15.4 Å². The van der Waals surface area contributed by atoms with Gasteiger partial charge in [0.15, 0.2) is 0 Å². The second-order valence-corrected chi connectivity index (χ2v) is 4.85. The number of aromatic nitrogens is 3. The monoisotopic (exact) mass is 279 g/mol. The molecule has 1 aromatic heterocycles. The van der Waals surface area contributed by atoms with E-state index in [1.807, 2.05) is 20.8 Å². The van der Waals surface area contributed by atoms with Crippen LogP contribution in [0.1, 0.15) is 39.4 Å². The summed E-state index contributed by atoms with van der Waals surface area (Å²) in [5, 5.41) is 6.88. The summed E-state index contributed by atoms with van der Waals surface area (Å²) >= 11 is 0. The summed E-state index contributed by atoms with van der Waals surface area (Å²) in [6.07, 6.45) is 2.66. The molecule has 1 N–H and O–H groups in total. The molecule has 2 heterocycles. The van der Waals surface area contributed by atoms with Crippen LogP contribution in [0, 0.1) is 0 Å². The van der Waals surface area contributed by atoms with Gasteiger partial charge in [0.25, 0.3) is 0 Å². The number of hydrogen-bond donors (Lipinski definition) is 1. The Morgan fingerprint density at radius 1 is 1.25 bits per heavy atom. The lowest BCUT2D eigenvalue weighted by atomic mass is 10.0. The Hall–Kier alpha value is -1.92. The minimum Gasteiger partial charge on any atom is -0.343 e. The average molecular weight is 279 g/mol. The molecule has 0 aliphatic carbocycles. The molecule has 1 aliphatic rings. The third-order valence-corrected chi connectivity index (χ3v) is 3.68. The summed E-state index contributed by atoms with van der Waals surface area (Å²) in [6.45, 7) is 6.78. The number of aryl methyl sites for hydroxylation is 1. The van der Waals surface area contributed by atoms with Crippen molar-refractivity contribution in [2.45, 2.75) is 58.8 Å². The van der Waals surface area contributed by atoms with Gasteiger partial charge >= 0.3 is 0 Å². The van der Waals surface area contributed by atoms with E-state index in [0.29, 0.717) is 31.8 Å². The molecule has 0 bridgehead atoms. The molecule has 1 fully saturated rings. The van der Waals surface area contributed by atoms with Crippen molar-refractivity contribution >= 4 is 11.8 Å². The van der Waals surface area contributed by atoms with Gasteiger partial charge in [0, 0.05) is 6.54 Å². The first kappa shape index (κ1) is 14.5. The number of nitrogens with one attached hydrogen (secondary N) is 1. The Bertz CT molecular complexity index is 499. The van der Waals surface area contributed by atoms with Crippen molar-refractivity contribution in [2.24, 2.45) is 0 Å². The van der Waals surface area contributed by atoms with Crippen molar-refractivity contribution in [1.29, 1.82) is 0 Å². The van der Waals surface area contributed by atoms with Crippen molar-refractivity contribution in [2.75, 3.05) is 0 Å². The van der Waals surface area contributed by atoms with Crippen LogP contribution in [0.2, 0.25) is 0 Å². The summed E-state index contributed by atoms with van der Waals surface area (Å²) in [7, 11) is 0. The number of carbonyl (C=O) groups is 2. The van der Waals surface area contributed by atoms with E-state index in [0.717, 1.165) is 0 Å². The summed E-state index contributed by atoms with van der Waals surface area (Å²) in [6, 6.07) is -0.851. The maximum absolute atomic E-state index is 12.5. The fourth-order valence-corrected chi connectivity index (χ4v) is 2.52. The minimum atomic E-state index is -0.428. The largest absolute Gasteiger partial charge is 0.343 e. The van der Waals surface area contributed by atoms with Crippen molar-refractivity contribution in [3.63, 3.8) is 0 Å². The molecular weight excluding hydrogens is 258 g/mol. The second-order valence-electron chi connectivity index (χ2n) is 4.85. The third-order valence-electron chi connectivity index (χ3n) is 3.68. The van der Waals surface area contributed by atoms with Crippen LogP contribution >= 0.6 is 0 Å². The molecule has 7 heteroatoms. The molecule has 2 amide bonds. The molecule has 110 valence electrons. The molecule has 0 aromatic carbocycles. The molecule has 0 saturated carbocycles. The van der Waals surface area contributed by atoms with Gasteiger partial charge in [0.1, 0.15) is 24.2 Å². The highest BCUT2D eigenvalue weighted by Gasteiger charge is 2.39. The van der Waals surface area contributed by atoms with E-state index < -0.39 is 12.1 Å². The minimum absolute atomic E-state index is 0.0374. The molecule has 1 aromatic rings. The predicted octanol–water partition coefficient (Wildman–Crippen LogP) is 0.314. The van der Waals surface area contributed by atoms with Gasteiger partial charge in [-0.15, -0.1) is 0 Å². The Morgan fingerprint density at radius 2 is 2.00 bits per heavy atom. The smallest absolute Gasteiger partial charge is 0.246 e. The van der Waals surface area contributed by atoms with Crippen LogP contribution in [-0.4, -0.2) is 43.6 Å². The van der Waals surface area contributed by atoms with Crippen molar-refractivity contribution in [1.82, 2.24) is 25.0 Å². The SMILES string of the molecule is CCC1NC(=O)C(CC)N(Cc2ncnn2CC)C1=O. The summed E-state index contributed by atoms with van der Waals surface area (Å²) in [5.74, 6) is 0.593. The van der Waals surface area contributed by atoms with Crippen molar-refractivity contribution in [3.05, 3.63) is 12.2 Å². The van der Waals surface area contributed by atoms with Gasteiger partial charge in [-0.1, -0.05) is 13.8 Å². The maximum Gasteiger partial charge on any atom is 0.246 e. The number of hydrogen-bond acceptors (Lipinski definition) is 4. The van der Waals surface area contributed by atoms with Crippen LogP contribution < -0.4 is 5.32 Å². The lowest BCUT2D eigenvalue weighted by Gasteiger charge is -2.38. The van der Waals surface area contributed by atoms with Crippen LogP contribution in [0.4, 0.5) is 0 Å². The van der Waals surface area contributed by atoms with Gasteiger partial charge in [0.2, 0.25) is 11.8 Å². The average Bonchev–Trinajstić information content (AvgIpc) is 2.90. The quantitative estimate of drug-likeness (QED) is 0.841. The molecule has 0 spiro atoms. The fourth-order valence-electron chi connectivity index (χ4n) is 2.52. The van der Waals surface area contributed by atoms with E-state index in [-0.39, 0.29) is 11.8 Å². The molecule has 20 heavy (non-hydrogen) atoms. The Kier molecular flexibility index (Phi) is 4.36. The van der Waals surface area contributed by atoms with E-state index in [4.69, 9.17) is 0 Å². The normalized spacial score (nSPS) is 23.1. The third kappa shape index (κ3) is 2.52. The zero-order valence-electron chi connectivity index (χ0n) is 12.2. The number of carbonyl (C=O) groups excluding carboxylic acids is 2. The molecular formula is C13H21N5O2. The topological polar surface area (TPSA) is 80.1 Å². The number of nitrogens with zero attached hydrogens (tertiary/aromatic N) is 4. The molecule has 1 aliphatic heterocycles. The van der Waals surface area contributed by atoms with Crippen LogP contribution in [0.5, 0.6) is 0 Å². The molecule has 0 radical (unpaired) electrons. The Balaban J connectivity index is 2.25. The second kappa shape index (κ2) is 6.02. The highest BCUT2D eigenvalue weighted by atomic mass is 16.2. The highest BCUT2D eigenvalue weighted by Crippen LogP contribution is 2.17.